The van der Waals surface area contributed by atoms with Crippen molar-refractivity contribution in [3.05, 3.63) is 53.1 Å². The molecule has 0 spiro atoms. The van der Waals surface area contributed by atoms with Gasteiger partial charge in [0.25, 0.3) is 11.8 Å². The van der Waals surface area contributed by atoms with Gasteiger partial charge in [-0.15, -0.1) is 0 Å². The first kappa shape index (κ1) is 28.5. The molecule has 1 saturated carbocycles. The third kappa shape index (κ3) is 5.46. The first-order chi connectivity index (χ1) is 20.5. The highest BCUT2D eigenvalue weighted by molar-refractivity contribution is 6.23. The maximum absolute atomic E-state index is 13.7. The fraction of sp³-hybridized carbons (Fsp3) is 0.545. The molecule has 3 heterocycles. The van der Waals surface area contributed by atoms with Crippen LogP contribution >= 0.6 is 0 Å². The standard InChI is InChI=1S/C33H42N4O5/c1-41-26-12-11-24(29(21-26)42-2)22-37-32(39)27-9-6-10-28(30(27)33(37)40)35-15-13-23(14-16-35)31(38)36-19-17-34(18-20-36)25-7-4-3-5-8-25/h6,9-12,21,23,25H,3-5,7-8,13-20,22H2,1-2H3. The van der Waals surface area contributed by atoms with Crippen LogP contribution in [0.5, 0.6) is 11.5 Å². The van der Waals surface area contributed by atoms with Crippen molar-refractivity contribution < 1.29 is 23.9 Å². The Hall–Kier alpha value is -3.59. The van der Waals surface area contributed by atoms with Crippen molar-refractivity contribution >= 4 is 23.4 Å². The molecule has 3 fully saturated rings. The third-order valence-corrected chi connectivity index (χ3v) is 9.70. The van der Waals surface area contributed by atoms with Gasteiger partial charge in [0.1, 0.15) is 11.5 Å². The highest BCUT2D eigenvalue weighted by atomic mass is 16.5. The van der Waals surface area contributed by atoms with Gasteiger partial charge in [-0.3, -0.25) is 24.2 Å². The Morgan fingerprint density at radius 2 is 1.57 bits per heavy atom. The van der Waals surface area contributed by atoms with E-state index in [0.29, 0.717) is 41.8 Å². The van der Waals surface area contributed by atoms with Crippen LogP contribution in [0.2, 0.25) is 0 Å². The fourth-order valence-corrected chi connectivity index (χ4v) is 7.25. The van der Waals surface area contributed by atoms with E-state index < -0.39 is 0 Å². The van der Waals surface area contributed by atoms with Crippen molar-refractivity contribution in [1.82, 2.24) is 14.7 Å². The van der Waals surface area contributed by atoms with Gasteiger partial charge in [-0.05, 0) is 49.9 Å². The number of piperidine rings is 1. The summed E-state index contributed by atoms with van der Waals surface area (Å²) in [6, 6.07) is 11.6. The lowest BCUT2D eigenvalue weighted by Gasteiger charge is -2.42. The number of nitrogens with zero attached hydrogens (tertiary/aromatic N) is 4. The van der Waals surface area contributed by atoms with Crippen LogP contribution in [-0.2, 0) is 11.3 Å². The average Bonchev–Trinajstić information content (AvgIpc) is 3.30. The first-order valence-corrected chi connectivity index (χ1v) is 15.5. The van der Waals surface area contributed by atoms with Crippen LogP contribution in [0, 0.1) is 5.92 Å². The smallest absolute Gasteiger partial charge is 0.263 e. The summed E-state index contributed by atoms with van der Waals surface area (Å²) in [6.07, 6.45) is 8.14. The first-order valence-electron chi connectivity index (χ1n) is 15.5. The van der Waals surface area contributed by atoms with Gasteiger partial charge >= 0.3 is 0 Å². The van der Waals surface area contributed by atoms with E-state index in [0.717, 1.165) is 50.3 Å². The highest BCUT2D eigenvalue weighted by Gasteiger charge is 2.40. The Morgan fingerprint density at radius 3 is 2.26 bits per heavy atom. The predicted molar refractivity (Wildman–Crippen MR) is 160 cm³/mol. The number of ether oxygens (including phenoxy) is 2. The number of carbonyl (C=O) groups is 3. The number of hydrogen-bond donors (Lipinski definition) is 0. The van der Waals surface area contributed by atoms with Gasteiger partial charge in [0, 0.05) is 62.9 Å². The van der Waals surface area contributed by atoms with Gasteiger partial charge in [0.2, 0.25) is 5.91 Å². The number of amides is 3. The summed E-state index contributed by atoms with van der Waals surface area (Å²) in [5, 5.41) is 0. The second-order valence-electron chi connectivity index (χ2n) is 12.0. The summed E-state index contributed by atoms with van der Waals surface area (Å²) in [5.41, 5.74) is 2.40. The molecule has 0 unspecified atom stereocenters. The predicted octanol–water partition coefficient (Wildman–Crippen LogP) is 4.19. The van der Waals surface area contributed by atoms with Crippen molar-refractivity contribution in [2.45, 2.75) is 57.5 Å². The number of carbonyl (C=O) groups excluding carboxylic acids is 3. The normalized spacial score (nSPS) is 20.7. The van der Waals surface area contributed by atoms with Gasteiger partial charge in [0.05, 0.1) is 37.6 Å². The van der Waals surface area contributed by atoms with E-state index in [4.69, 9.17) is 9.47 Å². The Balaban J connectivity index is 1.08. The lowest BCUT2D eigenvalue weighted by atomic mass is 9.92. The van der Waals surface area contributed by atoms with Crippen LogP contribution < -0.4 is 14.4 Å². The third-order valence-electron chi connectivity index (χ3n) is 9.70. The minimum Gasteiger partial charge on any atom is -0.497 e. The summed E-state index contributed by atoms with van der Waals surface area (Å²) in [6.45, 7) is 5.11. The Morgan fingerprint density at radius 1 is 0.833 bits per heavy atom. The summed E-state index contributed by atoms with van der Waals surface area (Å²) in [4.78, 5) is 48.6. The van der Waals surface area contributed by atoms with Gasteiger partial charge in [-0.1, -0.05) is 25.3 Å². The zero-order valence-electron chi connectivity index (χ0n) is 24.8. The summed E-state index contributed by atoms with van der Waals surface area (Å²) in [7, 11) is 3.14. The van der Waals surface area contributed by atoms with Crippen LogP contribution in [0.4, 0.5) is 5.69 Å². The van der Waals surface area contributed by atoms with Crippen LogP contribution in [0.1, 0.15) is 71.2 Å². The number of piperazine rings is 1. The zero-order valence-corrected chi connectivity index (χ0v) is 24.8. The van der Waals surface area contributed by atoms with E-state index in [-0.39, 0.29) is 30.2 Å². The molecule has 0 atom stereocenters. The molecule has 42 heavy (non-hydrogen) atoms. The molecule has 2 saturated heterocycles. The second-order valence-corrected chi connectivity index (χ2v) is 12.0. The molecule has 9 heteroatoms. The van der Waals surface area contributed by atoms with Crippen LogP contribution in [0.25, 0.3) is 0 Å². The van der Waals surface area contributed by atoms with E-state index in [9.17, 15) is 14.4 Å². The van der Waals surface area contributed by atoms with Crippen LogP contribution in [0.15, 0.2) is 36.4 Å². The molecular weight excluding hydrogens is 532 g/mol. The summed E-state index contributed by atoms with van der Waals surface area (Å²) in [5.74, 6) is 0.902. The molecule has 2 aromatic carbocycles. The molecule has 0 aromatic heterocycles. The van der Waals surface area contributed by atoms with Crippen molar-refractivity contribution in [3.8, 4) is 11.5 Å². The quantitative estimate of drug-likeness (QED) is 0.459. The largest absolute Gasteiger partial charge is 0.497 e. The van der Waals surface area contributed by atoms with E-state index in [1.807, 2.05) is 18.2 Å². The molecule has 1 aliphatic carbocycles. The zero-order chi connectivity index (χ0) is 29.2. The van der Waals surface area contributed by atoms with E-state index in [2.05, 4.69) is 14.7 Å². The summed E-state index contributed by atoms with van der Waals surface area (Å²) >= 11 is 0. The topological polar surface area (TPSA) is 82.6 Å². The van der Waals surface area contributed by atoms with E-state index in [1.165, 1.54) is 37.0 Å². The molecule has 0 radical (unpaired) electrons. The fourth-order valence-electron chi connectivity index (χ4n) is 7.25. The maximum atomic E-state index is 13.7. The number of rotatable bonds is 7. The van der Waals surface area contributed by atoms with Gasteiger partial charge < -0.3 is 19.3 Å². The summed E-state index contributed by atoms with van der Waals surface area (Å²) < 4.78 is 10.8. The highest BCUT2D eigenvalue weighted by Crippen LogP contribution is 2.36. The van der Waals surface area contributed by atoms with Crippen molar-refractivity contribution in [3.63, 3.8) is 0 Å². The second kappa shape index (κ2) is 12.3. The number of hydrogen-bond acceptors (Lipinski definition) is 7. The average molecular weight is 575 g/mol. The minimum atomic E-state index is -0.299. The van der Waals surface area contributed by atoms with Gasteiger partial charge in [-0.2, -0.15) is 0 Å². The number of benzene rings is 2. The lowest BCUT2D eigenvalue weighted by molar-refractivity contribution is -0.138. The molecule has 6 rings (SSSR count). The molecule has 224 valence electrons. The van der Waals surface area contributed by atoms with Gasteiger partial charge in [0.15, 0.2) is 0 Å². The number of fused-ring (bicyclic) bond motifs is 1. The maximum Gasteiger partial charge on any atom is 0.263 e. The number of imide groups is 1. The molecule has 0 bridgehead atoms. The van der Waals surface area contributed by atoms with Crippen molar-refractivity contribution in [1.29, 1.82) is 0 Å². The molecule has 4 aliphatic rings. The van der Waals surface area contributed by atoms with Gasteiger partial charge in [-0.25, -0.2) is 0 Å². The van der Waals surface area contributed by atoms with E-state index >= 15 is 0 Å². The molecule has 9 nitrogen and oxygen atoms in total. The Labute approximate surface area is 248 Å². The Bertz CT molecular complexity index is 1320. The monoisotopic (exact) mass is 574 g/mol. The Kier molecular flexibility index (Phi) is 8.38. The van der Waals surface area contributed by atoms with Crippen LogP contribution in [-0.4, -0.2) is 92.0 Å². The molecule has 3 aliphatic heterocycles. The SMILES string of the molecule is COc1ccc(CN2C(=O)c3cccc(N4CCC(C(=O)N5CCN(C6CCCCC6)CC5)CC4)c3C2=O)c(OC)c1. The number of methoxy groups -OCH3 is 2. The number of anilines is 1. The van der Waals surface area contributed by atoms with Crippen molar-refractivity contribution in [2.75, 3.05) is 58.4 Å². The van der Waals surface area contributed by atoms with Crippen LogP contribution in [0.3, 0.4) is 0 Å². The molecular formula is C33H42N4O5. The molecule has 2 aromatic rings. The van der Waals surface area contributed by atoms with Crippen molar-refractivity contribution in [2.24, 2.45) is 5.92 Å². The minimum absolute atomic E-state index is 0.00982. The van der Waals surface area contributed by atoms with E-state index in [1.54, 1.807) is 32.4 Å². The molecule has 0 N–H and O–H groups in total. The molecule has 3 amide bonds. The lowest BCUT2D eigenvalue weighted by Crippen LogP contribution is -2.54.